The average Bonchev–Trinajstić information content (AvgIpc) is 2.59. The number of benzene rings is 1. The Kier molecular flexibility index (Phi) is 6.93. The SMILES string of the molecule is COCCCNC(=O)c1cccnc1Oc1ccc(NS(C)(=O)=O)cc1. The number of carbonyl (C=O) groups is 1. The summed E-state index contributed by atoms with van der Waals surface area (Å²) in [7, 11) is -1.74. The first-order valence-electron chi connectivity index (χ1n) is 7.87. The molecule has 2 aromatic rings. The number of hydrogen-bond acceptors (Lipinski definition) is 6. The first kappa shape index (κ1) is 19.7. The van der Waals surface area contributed by atoms with Gasteiger partial charge in [-0.15, -0.1) is 0 Å². The van der Waals surface area contributed by atoms with Crippen LogP contribution in [0.25, 0.3) is 0 Å². The lowest BCUT2D eigenvalue weighted by Crippen LogP contribution is -2.25. The van der Waals surface area contributed by atoms with Crippen LogP contribution in [0, 0.1) is 0 Å². The zero-order chi connectivity index (χ0) is 19.0. The van der Waals surface area contributed by atoms with Crippen LogP contribution in [0.3, 0.4) is 0 Å². The molecule has 140 valence electrons. The van der Waals surface area contributed by atoms with E-state index in [0.29, 0.717) is 36.6 Å². The molecule has 0 radical (unpaired) electrons. The predicted molar refractivity (Wildman–Crippen MR) is 98.0 cm³/mol. The Morgan fingerprint density at radius 3 is 2.58 bits per heavy atom. The quantitative estimate of drug-likeness (QED) is 0.646. The van der Waals surface area contributed by atoms with Gasteiger partial charge in [-0.3, -0.25) is 9.52 Å². The van der Waals surface area contributed by atoms with Crippen molar-refractivity contribution in [3.63, 3.8) is 0 Å². The molecule has 0 spiro atoms. The normalized spacial score (nSPS) is 11.0. The fourth-order valence-electron chi connectivity index (χ4n) is 2.08. The number of amides is 1. The van der Waals surface area contributed by atoms with Crippen LogP contribution in [0.5, 0.6) is 11.6 Å². The van der Waals surface area contributed by atoms with Gasteiger partial charge in [-0.25, -0.2) is 13.4 Å². The van der Waals surface area contributed by atoms with E-state index >= 15 is 0 Å². The number of aromatic nitrogens is 1. The molecule has 1 aromatic carbocycles. The van der Waals surface area contributed by atoms with Crippen molar-refractivity contribution in [1.82, 2.24) is 10.3 Å². The van der Waals surface area contributed by atoms with Gasteiger partial charge in [0.15, 0.2) is 0 Å². The highest BCUT2D eigenvalue weighted by Crippen LogP contribution is 2.24. The molecule has 0 bridgehead atoms. The van der Waals surface area contributed by atoms with E-state index in [2.05, 4.69) is 15.0 Å². The zero-order valence-corrected chi connectivity index (χ0v) is 15.4. The van der Waals surface area contributed by atoms with Crippen LogP contribution < -0.4 is 14.8 Å². The summed E-state index contributed by atoms with van der Waals surface area (Å²) in [6.07, 6.45) is 3.30. The molecule has 9 heteroatoms. The molecule has 8 nitrogen and oxygen atoms in total. The van der Waals surface area contributed by atoms with E-state index in [1.165, 1.54) is 6.20 Å². The summed E-state index contributed by atoms with van der Waals surface area (Å²) in [6.45, 7) is 1.04. The molecule has 0 atom stereocenters. The maximum atomic E-state index is 12.3. The predicted octanol–water partition coefficient (Wildman–Crippen LogP) is 2.01. The standard InChI is InChI=1S/C17H21N3O5S/c1-24-12-4-11-18-16(21)15-5-3-10-19-17(15)25-14-8-6-13(7-9-14)20-26(2,22)23/h3,5-10,20H,4,11-12H2,1-2H3,(H,18,21). The van der Waals surface area contributed by atoms with Crippen LogP contribution in [-0.2, 0) is 14.8 Å². The first-order valence-corrected chi connectivity index (χ1v) is 9.76. The molecule has 0 aliphatic rings. The number of nitrogens with zero attached hydrogens (tertiary/aromatic N) is 1. The Balaban J connectivity index is 2.06. The number of rotatable bonds is 9. The minimum atomic E-state index is -3.35. The molecular formula is C17H21N3O5S. The van der Waals surface area contributed by atoms with Gasteiger partial charge in [0.1, 0.15) is 11.3 Å². The maximum absolute atomic E-state index is 12.3. The van der Waals surface area contributed by atoms with Crippen LogP contribution in [-0.4, -0.2) is 45.8 Å². The molecular weight excluding hydrogens is 358 g/mol. The van der Waals surface area contributed by atoms with Gasteiger partial charge in [0.25, 0.3) is 5.91 Å². The van der Waals surface area contributed by atoms with Crippen molar-refractivity contribution in [2.24, 2.45) is 0 Å². The summed E-state index contributed by atoms with van der Waals surface area (Å²) in [4.78, 5) is 16.4. The molecule has 0 aliphatic heterocycles. The molecule has 2 rings (SSSR count). The minimum Gasteiger partial charge on any atom is -0.438 e. The van der Waals surface area contributed by atoms with E-state index in [-0.39, 0.29) is 11.8 Å². The lowest BCUT2D eigenvalue weighted by Gasteiger charge is -2.11. The average molecular weight is 379 g/mol. The third-order valence-corrected chi connectivity index (χ3v) is 3.81. The van der Waals surface area contributed by atoms with Crippen molar-refractivity contribution in [1.29, 1.82) is 0 Å². The van der Waals surface area contributed by atoms with E-state index in [9.17, 15) is 13.2 Å². The lowest BCUT2D eigenvalue weighted by atomic mass is 10.2. The van der Waals surface area contributed by atoms with Gasteiger partial charge in [-0.05, 0) is 42.8 Å². The van der Waals surface area contributed by atoms with Crippen molar-refractivity contribution < 1.29 is 22.7 Å². The number of pyridine rings is 1. The molecule has 0 saturated carbocycles. The number of carbonyl (C=O) groups excluding carboxylic acids is 1. The summed E-state index contributed by atoms with van der Waals surface area (Å²) < 4.78 is 35.4. The van der Waals surface area contributed by atoms with Crippen molar-refractivity contribution in [2.45, 2.75) is 6.42 Å². The zero-order valence-electron chi connectivity index (χ0n) is 14.6. The Bertz CT molecular complexity index is 838. The Morgan fingerprint density at radius 1 is 1.19 bits per heavy atom. The highest BCUT2D eigenvalue weighted by molar-refractivity contribution is 7.92. The number of anilines is 1. The van der Waals surface area contributed by atoms with Gasteiger partial charge < -0.3 is 14.8 Å². The van der Waals surface area contributed by atoms with E-state index < -0.39 is 10.0 Å². The fraction of sp³-hybridized carbons (Fsp3) is 0.294. The first-order chi connectivity index (χ1) is 12.4. The number of sulfonamides is 1. The second kappa shape index (κ2) is 9.16. The van der Waals surface area contributed by atoms with Crippen molar-refractivity contribution in [3.8, 4) is 11.6 Å². The molecule has 0 fully saturated rings. The second-order valence-corrected chi connectivity index (χ2v) is 7.21. The summed E-state index contributed by atoms with van der Waals surface area (Å²) in [5, 5.41) is 2.78. The molecule has 0 unspecified atom stereocenters. The summed E-state index contributed by atoms with van der Waals surface area (Å²) in [6, 6.07) is 9.56. The van der Waals surface area contributed by atoms with E-state index in [1.54, 1.807) is 43.5 Å². The molecule has 0 aliphatic carbocycles. The van der Waals surface area contributed by atoms with Crippen molar-refractivity contribution in [3.05, 3.63) is 48.2 Å². The van der Waals surface area contributed by atoms with E-state index in [1.807, 2.05) is 0 Å². The van der Waals surface area contributed by atoms with Crippen LogP contribution in [0.4, 0.5) is 5.69 Å². The molecule has 2 N–H and O–H groups in total. The maximum Gasteiger partial charge on any atom is 0.256 e. The minimum absolute atomic E-state index is 0.167. The summed E-state index contributed by atoms with van der Waals surface area (Å²) in [5.74, 6) is 0.302. The van der Waals surface area contributed by atoms with Gasteiger partial charge >= 0.3 is 0 Å². The van der Waals surface area contributed by atoms with Gasteiger partial charge in [0, 0.05) is 32.1 Å². The number of hydrogen-bond donors (Lipinski definition) is 2. The van der Waals surface area contributed by atoms with E-state index in [0.717, 1.165) is 6.26 Å². The van der Waals surface area contributed by atoms with Crippen LogP contribution in [0.2, 0.25) is 0 Å². The summed E-state index contributed by atoms with van der Waals surface area (Å²) in [5.41, 5.74) is 0.722. The fourth-order valence-corrected chi connectivity index (χ4v) is 2.64. The van der Waals surface area contributed by atoms with Crippen LogP contribution >= 0.6 is 0 Å². The molecule has 26 heavy (non-hydrogen) atoms. The second-order valence-electron chi connectivity index (χ2n) is 5.46. The Hall–Kier alpha value is -2.65. The third-order valence-electron chi connectivity index (χ3n) is 3.20. The van der Waals surface area contributed by atoms with Crippen molar-refractivity contribution >= 4 is 21.6 Å². The van der Waals surface area contributed by atoms with Gasteiger partial charge in [0.2, 0.25) is 15.9 Å². The highest BCUT2D eigenvalue weighted by Gasteiger charge is 2.14. The van der Waals surface area contributed by atoms with Crippen LogP contribution in [0.15, 0.2) is 42.6 Å². The largest absolute Gasteiger partial charge is 0.438 e. The molecule has 1 amide bonds. The smallest absolute Gasteiger partial charge is 0.256 e. The summed E-state index contributed by atoms with van der Waals surface area (Å²) >= 11 is 0. The van der Waals surface area contributed by atoms with Gasteiger partial charge in [0.05, 0.1) is 6.26 Å². The number of ether oxygens (including phenoxy) is 2. The molecule has 0 saturated heterocycles. The third kappa shape index (κ3) is 6.34. The topological polar surface area (TPSA) is 107 Å². The highest BCUT2D eigenvalue weighted by atomic mass is 32.2. The van der Waals surface area contributed by atoms with Gasteiger partial charge in [-0.1, -0.05) is 0 Å². The molecule has 1 aromatic heterocycles. The monoisotopic (exact) mass is 379 g/mol. The van der Waals surface area contributed by atoms with Crippen LogP contribution in [0.1, 0.15) is 16.8 Å². The number of methoxy groups -OCH3 is 1. The number of nitrogens with one attached hydrogen (secondary N) is 2. The van der Waals surface area contributed by atoms with E-state index in [4.69, 9.17) is 9.47 Å². The Labute approximate surface area is 152 Å². The molecule has 1 heterocycles. The van der Waals surface area contributed by atoms with Gasteiger partial charge in [-0.2, -0.15) is 0 Å². The Morgan fingerprint density at radius 2 is 1.92 bits per heavy atom. The van der Waals surface area contributed by atoms with Crippen molar-refractivity contribution in [2.75, 3.05) is 31.2 Å². The lowest BCUT2D eigenvalue weighted by molar-refractivity contribution is 0.0945.